The molecule has 1 aromatic heterocycles. The van der Waals surface area contributed by atoms with Gasteiger partial charge in [0.2, 0.25) is 0 Å². The Bertz CT molecular complexity index is 695. The lowest BCUT2D eigenvalue weighted by Gasteiger charge is -2.29. The number of amides is 2. The van der Waals surface area contributed by atoms with Crippen LogP contribution < -0.4 is 10.6 Å². The van der Waals surface area contributed by atoms with Gasteiger partial charge in [-0.15, -0.1) is 11.3 Å². The molecule has 24 heavy (non-hydrogen) atoms. The molecule has 0 radical (unpaired) electrons. The average molecular weight is 342 g/mol. The Morgan fingerprint density at radius 2 is 1.79 bits per heavy atom. The van der Waals surface area contributed by atoms with Crippen LogP contribution in [0.25, 0.3) is 0 Å². The van der Waals surface area contributed by atoms with E-state index in [9.17, 15) is 9.59 Å². The van der Waals surface area contributed by atoms with E-state index >= 15 is 0 Å². The second kappa shape index (κ2) is 7.62. The molecule has 0 spiro atoms. The van der Waals surface area contributed by atoms with E-state index in [2.05, 4.69) is 17.6 Å². The zero-order valence-corrected chi connectivity index (χ0v) is 14.6. The molecule has 0 bridgehead atoms. The van der Waals surface area contributed by atoms with Crippen molar-refractivity contribution in [3.05, 3.63) is 52.2 Å². The molecule has 3 rings (SSSR count). The molecule has 1 aliphatic rings. The summed E-state index contributed by atoms with van der Waals surface area (Å²) in [5.41, 5.74) is 1.32. The maximum absolute atomic E-state index is 12.4. The normalized spacial score (nSPS) is 20.4. The highest BCUT2D eigenvalue weighted by molar-refractivity contribution is 7.12. The zero-order chi connectivity index (χ0) is 16.9. The number of rotatable bonds is 4. The monoisotopic (exact) mass is 342 g/mol. The fourth-order valence-corrected chi connectivity index (χ4v) is 3.71. The topological polar surface area (TPSA) is 58.2 Å². The maximum atomic E-state index is 12.4. The predicted molar refractivity (Wildman–Crippen MR) is 97.6 cm³/mol. The largest absolute Gasteiger partial charge is 0.349 e. The van der Waals surface area contributed by atoms with Gasteiger partial charge >= 0.3 is 0 Å². The number of thiophene rings is 1. The molecule has 1 aliphatic carbocycles. The fraction of sp³-hybridized carbons (Fsp3) is 0.368. The van der Waals surface area contributed by atoms with Gasteiger partial charge in [0, 0.05) is 17.3 Å². The first-order valence-corrected chi connectivity index (χ1v) is 9.27. The number of carbonyl (C=O) groups is 2. The van der Waals surface area contributed by atoms with Crippen molar-refractivity contribution in [2.24, 2.45) is 5.92 Å². The Balaban J connectivity index is 1.59. The fourth-order valence-electron chi connectivity index (χ4n) is 3.09. The molecular weight excluding hydrogens is 320 g/mol. The summed E-state index contributed by atoms with van der Waals surface area (Å²) in [7, 11) is 0. The summed E-state index contributed by atoms with van der Waals surface area (Å²) in [6.07, 6.45) is 4.68. The van der Waals surface area contributed by atoms with Gasteiger partial charge < -0.3 is 10.6 Å². The average Bonchev–Trinajstić information content (AvgIpc) is 3.12. The van der Waals surface area contributed by atoms with E-state index in [1.54, 1.807) is 30.3 Å². The molecule has 1 aromatic carbocycles. The third-order valence-electron chi connectivity index (χ3n) is 4.58. The van der Waals surface area contributed by atoms with E-state index in [0.29, 0.717) is 22.0 Å². The van der Waals surface area contributed by atoms with Crippen molar-refractivity contribution >= 4 is 28.8 Å². The van der Waals surface area contributed by atoms with Crippen molar-refractivity contribution in [1.29, 1.82) is 0 Å². The van der Waals surface area contributed by atoms with Gasteiger partial charge in [0.25, 0.3) is 11.8 Å². The molecule has 2 N–H and O–H groups in total. The summed E-state index contributed by atoms with van der Waals surface area (Å²) in [5, 5.41) is 7.85. The van der Waals surface area contributed by atoms with Crippen LogP contribution in [0.4, 0.5) is 5.69 Å². The number of hydrogen-bond acceptors (Lipinski definition) is 3. The highest BCUT2D eigenvalue weighted by Crippen LogP contribution is 2.24. The summed E-state index contributed by atoms with van der Waals surface area (Å²) in [6, 6.07) is 11.0. The minimum atomic E-state index is -0.127. The summed E-state index contributed by atoms with van der Waals surface area (Å²) in [6.45, 7) is 2.20. The molecule has 1 fully saturated rings. The number of benzene rings is 1. The smallest absolute Gasteiger partial charge is 0.265 e. The van der Waals surface area contributed by atoms with Crippen LogP contribution in [0.15, 0.2) is 41.8 Å². The molecule has 1 heterocycles. The second-order valence-electron chi connectivity index (χ2n) is 6.35. The van der Waals surface area contributed by atoms with Crippen LogP contribution in [0, 0.1) is 5.92 Å². The van der Waals surface area contributed by atoms with Gasteiger partial charge in [-0.2, -0.15) is 0 Å². The Morgan fingerprint density at radius 1 is 1.04 bits per heavy atom. The van der Waals surface area contributed by atoms with Gasteiger partial charge in [-0.1, -0.05) is 25.8 Å². The Morgan fingerprint density at radius 3 is 2.46 bits per heavy atom. The predicted octanol–water partition coefficient (Wildman–Crippen LogP) is 4.31. The van der Waals surface area contributed by atoms with Gasteiger partial charge in [-0.25, -0.2) is 0 Å². The van der Waals surface area contributed by atoms with Crippen molar-refractivity contribution in [1.82, 2.24) is 5.32 Å². The molecule has 0 aliphatic heterocycles. The summed E-state index contributed by atoms with van der Waals surface area (Å²) >= 11 is 1.40. The quantitative estimate of drug-likeness (QED) is 0.870. The number of hydrogen-bond donors (Lipinski definition) is 2. The third-order valence-corrected chi connectivity index (χ3v) is 5.45. The molecule has 2 amide bonds. The molecule has 5 heteroatoms. The SMILES string of the molecule is C[C@H]1CCCC[C@H]1NC(=O)c1ccc(NC(=O)c2cccs2)cc1. The summed E-state index contributed by atoms with van der Waals surface area (Å²) < 4.78 is 0. The highest BCUT2D eigenvalue weighted by atomic mass is 32.1. The molecule has 0 saturated heterocycles. The van der Waals surface area contributed by atoms with Crippen LogP contribution in [-0.4, -0.2) is 17.9 Å². The van der Waals surface area contributed by atoms with E-state index in [1.165, 1.54) is 30.6 Å². The van der Waals surface area contributed by atoms with Gasteiger partial charge in [-0.05, 0) is 54.5 Å². The number of nitrogens with one attached hydrogen (secondary N) is 2. The van der Waals surface area contributed by atoms with E-state index in [1.807, 2.05) is 11.4 Å². The molecule has 1 saturated carbocycles. The molecule has 126 valence electrons. The van der Waals surface area contributed by atoms with E-state index < -0.39 is 0 Å². The van der Waals surface area contributed by atoms with Crippen molar-refractivity contribution in [3.63, 3.8) is 0 Å². The molecule has 2 atom stereocenters. The van der Waals surface area contributed by atoms with E-state index in [0.717, 1.165) is 6.42 Å². The van der Waals surface area contributed by atoms with Crippen molar-refractivity contribution in [3.8, 4) is 0 Å². The molecule has 0 unspecified atom stereocenters. The van der Waals surface area contributed by atoms with Crippen LogP contribution in [-0.2, 0) is 0 Å². The lowest BCUT2D eigenvalue weighted by molar-refractivity contribution is 0.0910. The Labute approximate surface area is 146 Å². The number of anilines is 1. The van der Waals surface area contributed by atoms with E-state index in [-0.39, 0.29) is 17.9 Å². The Kier molecular flexibility index (Phi) is 5.30. The second-order valence-corrected chi connectivity index (χ2v) is 7.30. The van der Waals surface area contributed by atoms with Crippen molar-refractivity contribution in [2.75, 3.05) is 5.32 Å². The first-order valence-electron chi connectivity index (χ1n) is 8.39. The minimum Gasteiger partial charge on any atom is -0.349 e. The van der Waals surface area contributed by atoms with Crippen LogP contribution in [0.3, 0.4) is 0 Å². The standard InChI is InChI=1S/C19H22N2O2S/c1-13-5-2-3-6-16(13)21-18(22)14-8-10-15(11-9-14)20-19(23)17-7-4-12-24-17/h4,7-13,16H,2-3,5-6H2,1H3,(H,20,23)(H,21,22)/t13-,16+/m0/s1. The maximum Gasteiger partial charge on any atom is 0.265 e. The van der Waals surface area contributed by atoms with Crippen LogP contribution in [0.2, 0.25) is 0 Å². The molecule has 2 aromatic rings. The van der Waals surface area contributed by atoms with Crippen LogP contribution >= 0.6 is 11.3 Å². The van der Waals surface area contributed by atoms with Crippen LogP contribution in [0.5, 0.6) is 0 Å². The van der Waals surface area contributed by atoms with Crippen molar-refractivity contribution in [2.45, 2.75) is 38.6 Å². The Hall–Kier alpha value is -2.14. The third kappa shape index (κ3) is 4.03. The summed E-state index contributed by atoms with van der Waals surface area (Å²) in [5.74, 6) is 0.371. The first kappa shape index (κ1) is 16.7. The summed E-state index contributed by atoms with van der Waals surface area (Å²) in [4.78, 5) is 25.1. The molecular formula is C19H22N2O2S. The zero-order valence-electron chi connectivity index (χ0n) is 13.7. The highest BCUT2D eigenvalue weighted by Gasteiger charge is 2.23. The van der Waals surface area contributed by atoms with Gasteiger partial charge in [0.15, 0.2) is 0 Å². The van der Waals surface area contributed by atoms with Gasteiger partial charge in [-0.3, -0.25) is 9.59 Å². The molecule has 4 nitrogen and oxygen atoms in total. The minimum absolute atomic E-state index is 0.0371. The number of carbonyl (C=O) groups excluding carboxylic acids is 2. The van der Waals surface area contributed by atoms with E-state index in [4.69, 9.17) is 0 Å². The van der Waals surface area contributed by atoms with Crippen LogP contribution in [0.1, 0.15) is 52.6 Å². The van der Waals surface area contributed by atoms with Crippen molar-refractivity contribution < 1.29 is 9.59 Å². The lowest BCUT2D eigenvalue weighted by Crippen LogP contribution is -2.41. The lowest BCUT2D eigenvalue weighted by atomic mass is 9.86. The first-order chi connectivity index (χ1) is 11.6. The van der Waals surface area contributed by atoms with Gasteiger partial charge in [0.1, 0.15) is 0 Å². The van der Waals surface area contributed by atoms with Gasteiger partial charge in [0.05, 0.1) is 4.88 Å².